The second-order valence-electron chi connectivity index (χ2n) is 7.27. The van der Waals surface area contributed by atoms with Crippen molar-refractivity contribution in [3.63, 3.8) is 0 Å². The molecule has 4 rings (SSSR count). The van der Waals surface area contributed by atoms with Crippen LogP contribution in [0.3, 0.4) is 0 Å². The number of benzene rings is 1. The molecular formula is C20H23F3N4O2. The van der Waals surface area contributed by atoms with E-state index in [0.29, 0.717) is 56.8 Å². The minimum Gasteiger partial charge on any atom is -0.378 e. The van der Waals surface area contributed by atoms with E-state index in [0.717, 1.165) is 30.8 Å². The van der Waals surface area contributed by atoms with Gasteiger partial charge in [0.15, 0.2) is 0 Å². The van der Waals surface area contributed by atoms with E-state index in [2.05, 4.69) is 9.88 Å². The Hall–Kier alpha value is -2.55. The molecule has 9 heteroatoms. The van der Waals surface area contributed by atoms with Crippen molar-refractivity contribution in [1.29, 1.82) is 0 Å². The first-order chi connectivity index (χ1) is 13.9. The number of ether oxygens (including phenoxy) is 1. The first kappa shape index (κ1) is 19.8. The summed E-state index contributed by atoms with van der Waals surface area (Å²) in [4.78, 5) is 22.7. The standard InChI is InChI=1S/C20H23F3N4O2/c21-20(22,23)15-2-3-16-17(14-15)24-5-4-18(16)25-6-1-7-26(9-8-25)19(28)27-10-12-29-13-11-27/h2-5,14H,1,6-13H2. The lowest BCUT2D eigenvalue weighted by atomic mass is 10.1. The van der Waals surface area contributed by atoms with Gasteiger partial charge >= 0.3 is 12.2 Å². The quantitative estimate of drug-likeness (QED) is 0.727. The number of anilines is 1. The van der Waals surface area contributed by atoms with Crippen molar-refractivity contribution in [2.45, 2.75) is 12.6 Å². The van der Waals surface area contributed by atoms with E-state index >= 15 is 0 Å². The van der Waals surface area contributed by atoms with Crippen LogP contribution in [0.25, 0.3) is 10.9 Å². The Morgan fingerprint density at radius 3 is 2.48 bits per heavy atom. The summed E-state index contributed by atoms with van der Waals surface area (Å²) in [6, 6.07) is 5.53. The van der Waals surface area contributed by atoms with Crippen LogP contribution in [0.5, 0.6) is 0 Å². The van der Waals surface area contributed by atoms with Crippen LogP contribution in [0.4, 0.5) is 23.7 Å². The van der Waals surface area contributed by atoms with E-state index in [4.69, 9.17) is 4.74 Å². The monoisotopic (exact) mass is 408 g/mol. The van der Waals surface area contributed by atoms with Crippen molar-refractivity contribution in [3.8, 4) is 0 Å². The number of morpholine rings is 1. The number of hydrogen-bond donors (Lipinski definition) is 0. The summed E-state index contributed by atoms with van der Waals surface area (Å²) >= 11 is 0. The molecule has 0 unspecified atom stereocenters. The Bertz CT molecular complexity index is 884. The van der Waals surface area contributed by atoms with Crippen molar-refractivity contribution < 1.29 is 22.7 Å². The van der Waals surface area contributed by atoms with Gasteiger partial charge in [-0.2, -0.15) is 13.2 Å². The third-order valence-electron chi connectivity index (χ3n) is 5.44. The molecule has 2 aliphatic heterocycles. The van der Waals surface area contributed by atoms with Crippen LogP contribution in [0.15, 0.2) is 30.5 Å². The van der Waals surface area contributed by atoms with Crippen molar-refractivity contribution >= 4 is 22.6 Å². The van der Waals surface area contributed by atoms with Gasteiger partial charge in [-0.3, -0.25) is 4.98 Å². The van der Waals surface area contributed by atoms with Crippen LogP contribution in [0.1, 0.15) is 12.0 Å². The van der Waals surface area contributed by atoms with E-state index in [1.807, 2.05) is 15.9 Å². The molecule has 2 aromatic rings. The molecule has 3 heterocycles. The largest absolute Gasteiger partial charge is 0.416 e. The summed E-state index contributed by atoms with van der Waals surface area (Å²) in [6.45, 7) is 4.92. The zero-order valence-electron chi connectivity index (χ0n) is 16.0. The second-order valence-corrected chi connectivity index (χ2v) is 7.27. The molecule has 2 amide bonds. The molecule has 0 aliphatic carbocycles. The molecule has 6 nitrogen and oxygen atoms in total. The fourth-order valence-electron chi connectivity index (χ4n) is 3.89. The summed E-state index contributed by atoms with van der Waals surface area (Å²) in [5.74, 6) is 0. The maximum atomic E-state index is 13.0. The van der Waals surface area contributed by atoms with Crippen molar-refractivity contribution in [1.82, 2.24) is 14.8 Å². The Morgan fingerprint density at radius 2 is 1.72 bits per heavy atom. The van der Waals surface area contributed by atoms with E-state index in [1.165, 1.54) is 6.07 Å². The Kier molecular flexibility index (Phi) is 5.49. The Morgan fingerprint density at radius 1 is 0.966 bits per heavy atom. The lowest BCUT2D eigenvalue weighted by Crippen LogP contribution is -2.49. The molecule has 156 valence electrons. The lowest BCUT2D eigenvalue weighted by molar-refractivity contribution is -0.137. The highest BCUT2D eigenvalue weighted by Crippen LogP contribution is 2.33. The Labute approximate surface area is 166 Å². The number of hydrogen-bond acceptors (Lipinski definition) is 4. The number of carbonyl (C=O) groups excluding carboxylic acids is 1. The van der Waals surface area contributed by atoms with E-state index in [9.17, 15) is 18.0 Å². The highest BCUT2D eigenvalue weighted by Gasteiger charge is 2.31. The number of halogens is 3. The van der Waals surface area contributed by atoms with Crippen molar-refractivity contribution in [2.24, 2.45) is 0 Å². The van der Waals surface area contributed by atoms with Crippen LogP contribution >= 0.6 is 0 Å². The van der Waals surface area contributed by atoms with Crippen LogP contribution < -0.4 is 4.90 Å². The third-order valence-corrected chi connectivity index (χ3v) is 5.44. The van der Waals surface area contributed by atoms with Gasteiger partial charge < -0.3 is 19.4 Å². The minimum absolute atomic E-state index is 0.0320. The first-order valence-corrected chi connectivity index (χ1v) is 9.76. The first-order valence-electron chi connectivity index (χ1n) is 9.76. The van der Waals surface area contributed by atoms with Crippen LogP contribution in [-0.2, 0) is 10.9 Å². The number of aromatic nitrogens is 1. The molecule has 0 saturated carbocycles. The van der Waals surface area contributed by atoms with Gasteiger partial charge in [-0.1, -0.05) is 6.07 Å². The van der Waals surface area contributed by atoms with Crippen molar-refractivity contribution in [3.05, 3.63) is 36.0 Å². The number of urea groups is 1. The summed E-state index contributed by atoms with van der Waals surface area (Å²) < 4.78 is 44.3. The molecule has 2 saturated heterocycles. The zero-order valence-corrected chi connectivity index (χ0v) is 16.0. The highest BCUT2D eigenvalue weighted by molar-refractivity contribution is 5.92. The predicted octanol–water partition coefficient (Wildman–Crippen LogP) is 3.22. The number of nitrogens with zero attached hydrogens (tertiary/aromatic N) is 4. The van der Waals surface area contributed by atoms with Crippen molar-refractivity contribution in [2.75, 3.05) is 57.4 Å². The number of pyridine rings is 1. The molecular weight excluding hydrogens is 385 g/mol. The molecule has 1 aromatic carbocycles. The molecule has 2 fully saturated rings. The molecule has 0 N–H and O–H groups in total. The van der Waals surface area contributed by atoms with Gasteiger partial charge in [-0.25, -0.2) is 4.79 Å². The SMILES string of the molecule is O=C(N1CCOCC1)N1CCCN(c2ccnc3cc(C(F)(F)F)ccc23)CC1. The third kappa shape index (κ3) is 4.24. The highest BCUT2D eigenvalue weighted by atomic mass is 19.4. The number of alkyl halides is 3. The van der Waals surface area contributed by atoms with Gasteiger partial charge in [-0.05, 0) is 24.6 Å². The maximum absolute atomic E-state index is 13.0. The molecule has 2 aliphatic rings. The fraction of sp³-hybridized carbons (Fsp3) is 0.500. The van der Waals surface area contributed by atoms with E-state index < -0.39 is 11.7 Å². The summed E-state index contributed by atoms with van der Waals surface area (Å²) in [5, 5.41) is 0.688. The number of rotatable bonds is 1. The van der Waals surface area contributed by atoms with E-state index in [1.54, 1.807) is 6.20 Å². The maximum Gasteiger partial charge on any atom is 0.416 e. The summed E-state index contributed by atoms with van der Waals surface area (Å²) in [6.07, 6.45) is -2.06. The van der Waals surface area contributed by atoms with Gasteiger partial charge in [0.25, 0.3) is 0 Å². The number of carbonyl (C=O) groups is 1. The van der Waals surface area contributed by atoms with Crippen LogP contribution in [0, 0.1) is 0 Å². The average molecular weight is 408 g/mol. The molecule has 0 radical (unpaired) electrons. The predicted molar refractivity (Wildman–Crippen MR) is 103 cm³/mol. The van der Waals surface area contributed by atoms with Crippen LogP contribution in [0.2, 0.25) is 0 Å². The lowest BCUT2D eigenvalue weighted by Gasteiger charge is -2.32. The topological polar surface area (TPSA) is 48.9 Å². The molecule has 0 spiro atoms. The second kappa shape index (κ2) is 8.06. The van der Waals surface area contributed by atoms with Gasteiger partial charge in [0, 0.05) is 56.5 Å². The van der Waals surface area contributed by atoms with Gasteiger partial charge in [-0.15, -0.1) is 0 Å². The van der Waals surface area contributed by atoms with Gasteiger partial charge in [0.1, 0.15) is 0 Å². The van der Waals surface area contributed by atoms with Crippen LogP contribution in [-0.4, -0.2) is 73.3 Å². The Balaban J connectivity index is 1.52. The summed E-state index contributed by atoms with van der Waals surface area (Å²) in [5.41, 5.74) is 0.472. The minimum atomic E-state index is -4.39. The number of amides is 2. The van der Waals surface area contributed by atoms with Gasteiger partial charge in [0.2, 0.25) is 0 Å². The molecule has 1 aromatic heterocycles. The number of fused-ring (bicyclic) bond motifs is 1. The molecule has 0 atom stereocenters. The molecule has 29 heavy (non-hydrogen) atoms. The summed E-state index contributed by atoms with van der Waals surface area (Å²) in [7, 11) is 0. The average Bonchev–Trinajstić information content (AvgIpc) is 2.98. The van der Waals surface area contributed by atoms with Gasteiger partial charge in [0.05, 0.1) is 24.3 Å². The molecule has 0 bridgehead atoms. The smallest absolute Gasteiger partial charge is 0.378 e. The fourth-order valence-corrected chi connectivity index (χ4v) is 3.89. The normalized spacial score (nSPS) is 18.8. The van der Waals surface area contributed by atoms with E-state index in [-0.39, 0.29) is 6.03 Å². The zero-order chi connectivity index (χ0) is 20.4.